The van der Waals surface area contributed by atoms with Gasteiger partial charge in [-0.2, -0.15) is 0 Å². The Kier molecular flexibility index (Phi) is 9.84. The molecule has 0 spiro atoms. The summed E-state index contributed by atoms with van der Waals surface area (Å²) in [5.74, 6) is -0.0757. The van der Waals surface area contributed by atoms with Crippen molar-refractivity contribution in [3.8, 4) is 16.9 Å². The van der Waals surface area contributed by atoms with Crippen molar-refractivity contribution in [2.24, 2.45) is 0 Å². The van der Waals surface area contributed by atoms with E-state index in [1.165, 1.54) is 5.56 Å². The van der Waals surface area contributed by atoms with Crippen LogP contribution in [0.25, 0.3) is 11.1 Å². The number of rotatable bonds is 10. The quantitative estimate of drug-likeness (QED) is 0.300. The zero-order valence-corrected chi connectivity index (χ0v) is 24.6. The second kappa shape index (κ2) is 12.7. The zero-order valence-electron chi connectivity index (χ0n) is 22.6. The molecule has 0 aliphatic heterocycles. The molecule has 1 heterocycles. The summed E-state index contributed by atoms with van der Waals surface area (Å²) in [5.41, 5.74) is 6.05. The van der Waals surface area contributed by atoms with Gasteiger partial charge in [0.2, 0.25) is 0 Å². The summed E-state index contributed by atoms with van der Waals surface area (Å²) >= 11 is 0. The number of benzene rings is 3. The number of aryl methyl sites for hydroxylation is 2. The third-order valence-corrected chi connectivity index (χ3v) is 6.07. The zero-order chi connectivity index (χ0) is 26.6. The Hall–Kier alpha value is -3.04. The molecule has 0 saturated carbocycles. The Morgan fingerprint density at radius 1 is 1.00 bits per heavy atom. The minimum Gasteiger partial charge on any atom is -0.493 e. The summed E-state index contributed by atoms with van der Waals surface area (Å²) in [6.07, 6.45) is 0.564. The fourth-order valence-corrected chi connectivity index (χ4v) is 4.20. The minimum atomic E-state index is -0.887. The Labute approximate surface area is 243 Å². The monoisotopic (exact) mass is 525 g/mol. The van der Waals surface area contributed by atoms with Crippen molar-refractivity contribution < 1.29 is 43.9 Å². The molecule has 0 bridgehead atoms. The van der Waals surface area contributed by atoms with Crippen LogP contribution in [0.4, 0.5) is 5.69 Å². The van der Waals surface area contributed by atoms with Gasteiger partial charge in [-0.1, -0.05) is 30.3 Å². The SMILES string of the molecule is Cc1cc(OCCC(C)(C)O)cc(C)c1-c1cccc(CNc2ccc(Cn3oc(=O)[n-]c3=O)cc2)c1.[Na+]. The van der Waals surface area contributed by atoms with Crippen LogP contribution in [0.3, 0.4) is 0 Å². The van der Waals surface area contributed by atoms with Crippen LogP contribution >= 0.6 is 0 Å². The van der Waals surface area contributed by atoms with Crippen LogP contribution in [0.1, 0.15) is 42.5 Å². The van der Waals surface area contributed by atoms with Gasteiger partial charge >= 0.3 is 35.3 Å². The van der Waals surface area contributed by atoms with Gasteiger partial charge < -0.3 is 24.7 Å². The van der Waals surface area contributed by atoms with Gasteiger partial charge in [0.05, 0.1) is 12.2 Å². The van der Waals surface area contributed by atoms with Crippen LogP contribution in [0.15, 0.2) is 74.8 Å². The molecule has 3 aromatic carbocycles. The molecule has 0 amide bonds. The van der Waals surface area contributed by atoms with E-state index in [2.05, 4.69) is 48.4 Å². The van der Waals surface area contributed by atoms with Crippen molar-refractivity contribution in [3.05, 3.63) is 104 Å². The minimum absolute atomic E-state index is 0. The van der Waals surface area contributed by atoms with Crippen LogP contribution in [0, 0.1) is 13.8 Å². The van der Waals surface area contributed by atoms with Gasteiger partial charge in [0.25, 0.3) is 0 Å². The molecule has 1 aromatic heterocycles. The Morgan fingerprint density at radius 3 is 2.29 bits per heavy atom. The maximum atomic E-state index is 11.6. The molecule has 0 radical (unpaired) electrons. The summed E-state index contributed by atoms with van der Waals surface area (Å²) in [6.45, 7) is 8.99. The number of anilines is 1. The topological polar surface area (TPSA) is 108 Å². The summed E-state index contributed by atoms with van der Waals surface area (Å²) in [6, 6.07) is 20.1. The van der Waals surface area contributed by atoms with Crippen molar-refractivity contribution in [2.45, 2.75) is 52.8 Å². The first-order valence-corrected chi connectivity index (χ1v) is 12.2. The van der Waals surface area contributed by atoms with E-state index in [1.807, 2.05) is 36.4 Å². The summed E-state index contributed by atoms with van der Waals surface area (Å²) < 4.78 is 11.6. The number of aliphatic hydroxyl groups is 1. The first kappa shape index (κ1) is 29.5. The van der Waals surface area contributed by atoms with Gasteiger partial charge in [0.1, 0.15) is 5.75 Å². The van der Waals surface area contributed by atoms with Gasteiger partial charge in [-0.05, 0) is 91.4 Å². The molecule has 0 aliphatic rings. The van der Waals surface area contributed by atoms with Gasteiger partial charge in [-0.15, -0.1) is 0 Å². The number of hydrogen-bond acceptors (Lipinski definition) is 6. The van der Waals surface area contributed by atoms with E-state index >= 15 is 0 Å². The molecule has 194 valence electrons. The molecular weight excluding hydrogens is 493 g/mol. The molecule has 0 saturated heterocycles. The Balaban J connectivity index is 0.00000400. The second-order valence-electron chi connectivity index (χ2n) is 9.88. The van der Waals surface area contributed by atoms with Crippen molar-refractivity contribution in [3.63, 3.8) is 0 Å². The van der Waals surface area contributed by atoms with E-state index in [1.54, 1.807) is 13.8 Å². The fraction of sp³-hybridized carbons (Fsp3) is 0.310. The van der Waals surface area contributed by atoms with Crippen LogP contribution in [0.2, 0.25) is 0 Å². The standard InChI is InChI=1S/C29H33N3O5.Na/c1-19-14-25(36-13-12-29(3,4)35)15-20(2)26(19)23-7-5-6-22(16-23)17-30-24-10-8-21(9-11-24)18-32-27(33)31-28(34)37-32;/h5-11,14-16,30,35H,12-13,17-18H2,1-4H3,(H,31,33,34);/q;+1/p-1. The molecule has 38 heavy (non-hydrogen) atoms. The van der Waals surface area contributed by atoms with Crippen molar-refractivity contribution in [1.29, 1.82) is 0 Å². The molecule has 0 atom stereocenters. The molecule has 0 fully saturated rings. The summed E-state index contributed by atoms with van der Waals surface area (Å²) in [5, 5.41) is 13.3. The van der Waals surface area contributed by atoms with Gasteiger partial charge in [-0.3, -0.25) is 9.53 Å². The average molecular weight is 526 g/mol. The molecule has 8 nitrogen and oxygen atoms in total. The van der Waals surface area contributed by atoms with Crippen molar-refractivity contribution >= 4 is 5.69 Å². The van der Waals surface area contributed by atoms with E-state index in [0.717, 1.165) is 44.0 Å². The maximum absolute atomic E-state index is 11.6. The van der Waals surface area contributed by atoms with Crippen LogP contribution in [0.5, 0.6) is 5.75 Å². The molecule has 4 rings (SSSR count). The van der Waals surface area contributed by atoms with Crippen LogP contribution in [-0.4, -0.2) is 22.1 Å². The number of nitrogens with one attached hydrogen (secondary N) is 1. The number of hydrogen-bond donors (Lipinski definition) is 2. The molecular formula is C29H32N3NaO5. The molecule has 2 N–H and O–H groups in total. The van der Waals surface area contributed by atoms with E-state index in [0.29, 0.717) is 19.6 Å². The van der Waals surface area contributed by atoms with E-state index in [-0.39, 0.29) is 36.1 Å². The van der Waals surface area contributed by atoms with E-state index in [4.69, 9.17) is 9.26 Å². The predicted octanol–water partition coefficient (Wildman–Crippen LogP) is 1.25. The molecule has 0 aliphatic carbocycles. The Morgan fingerprint density at radius 2 is 1.68 bits per heavy atom. The number of aromatic nitrogens is 2. The van der Waals surface area contributed by atoms with E-state index < -0.39 is 17.0 Å². The number of nitrogens with zero attached hydrogens (tertiary/aromatic N) is 2. The van der Waals surface area contributed by atoms with Gasteiger partial charge in [0, 0.05) is 25.2 Å². The van der Waals surface area contributed by atoms with Crippen LogP contribution in [-0.2, 0) is 13.1 Å². The molecule has 9 heteroatoms. The fourth-order valence-electron chi connectivity index (χ4n) is 4.20. The van der Waals surface area contributed by atoms with Gasteiger partial charge in [-0.25, -0.2) is 4.79 Å². The van der Waals surface area contributed by atoms with Gasteiger partial charge in [0.15, 0.2) is 5.69 Å². The third kappa shape index (κ3) is 7.98. The summed E-state index contributed by atoms with van der Waals surface area (Å²) in [4.78, 5) is 25.9. The van der Waals surface area contributed by atoms with E-state index in [9.17, 15) is 14.7 Å². The predicted molar refractivity (Wildman–Crippen MR) is 143 cm³/mol. The molecule has 4 aromatic rings. The molecule has 0 unspecified atom stereocenters. The largest absolute Gasteiger partial charge is 1.00 e. The first-order chi connectivity index (χ1) is 17.6. The van der Waals surface area contributed by atoms with Crippen molar-refractivity contribution in [2.75, 3.05) is 11.9 Å². The number of ether oxygens (including phenoxy) is 1. The van der Waals surface area contributed by atoms with Crippen molar-refractivity contribution in [1.82, 2.24) is 9.72 Å². The summed E-state index contributed by atoms with van der Waals surface area (Å²) in [7, 11) is 0. The Bertz CT molecular complexity index is 1460. The smallest absolute Gasteiger partial charge is 0.493 e. The third-order valence-electron chi connectivity index (χ3n) is 6.07. The average Bonchev–Trinajstić information content (AvgIpc) is 3.14. The maximum Gasteiger partial charge on any atom is 1.00 e. The first-order valence-electron chi connectivity index (χ1n) is 12.2. The normalized spacial score (nSPS) is 11.2. The second-order valence-corrected chi connectivity index (χ2v) is 9.88. The van der Waals surface area contributed by atoms with Crippen LogP contribution < -0.4 is 56.0 Å².